The molecule has 0 saturated heterocycles. The summed E-state index contributed by atoms with van der Waals surface area (Å²) in [5.41, 5.74) is 1.18. The molecule has 1 aromatic heterocycles. The Hall–Kier alpha value is -2.15. The third-order valence-electron chi connectivity index (χ3n) is 3.26. The highest BCUT2D eigenvalue weighted by Crippen LogP contribution is 2.37. The maximum atomic E-state index is 11.6. The van der Waals surface area contributed by atoms with E-state index in [9.17, 15) is 19.8 Å². The lowest BCUT2D eigenvalue weighted by molar-refractivity contribution is -0.133. The molecule has 6 nitrogen and oxygen atoms in total. The van der Waals surface area contributed by atoms with Crippen molar-refractivity contribution in [2.24, 2.45) is 0 Å². The fourth-order valence-corrected chi connectivity index (χ4v) is 2.79. The first-order valence-electron chi connectivity index (χ1n) is 6.09. The number of allylic oxidation sites excluding steroid dienone is 2. The minimum Gasteiger partial charge on any atom is -0.478 e. The quantitative estimate of drug-likeness (QED) is 0.771. The van der Waals surface area contributed by atoms with Gasteiger partial charge < -0.3 is 15.5 Å². The number of rotatable bonds is 3. The summed E-state index contributed by atoms with van der Waals surface area (Å²) in [5.74, 6) is -3.25. The average molecular weight is 353 g/mol. The Labute approximate surface area is 129 Å². The van der Waals surface area contributed by atoms with Crippen molar-refractivity contribution in [1.82, 2.24) is 10.3 Å². The Morgan fingerprint density at radius 3 is 2.14 bits per heavy atom. The average Bonchev–Trinajstić information content (AvgIpc) is 2.36. The normalized spacial score (nSPS) is 16.0. The van der Waals surface area contributed by atoms with E-state index in [0.717, 1.165) is 0 Å². The van der Waals surface area contributed by atoms with Crippen LogP contribution >= 0.6 is 15.9 Å². The fourth-order valence-electron chi connectivity index (χ4n) is 2.44. The Balaban J connectivity index is 2.70. The molecule has 0 bridgehead atoms. The van der Waals surface area contributed by atoms with Crippen LogP contribution in [0, 0.1) is 0 Å². The zero-order chi connectivity index (χ0) is 15.7. The fraction of sp³-hybridized carbons (Fsp3) is 0.214. The van der Waals surface area contributed by atoms with E-state index in [-0.39, 0.29) is 11.1 Å². The Bertz CT molecular complexity index is 658. The maximum absolute atomic E-state index is 11.6. The maximum Gasteiger partial charge on any atom is 0.334 e. The first-order chi connectivity index (χ1) is 9.82. The summed E-state index contributed by atoms with van der Waals surface area (Å²) in [4.78, 5) is 27.3. The lowest BCUT2D eigenvalue weighted by Crippen LogP contribution is -2.31. The van der Waals surface area contributed by atoms with Crippen molar-refractivity contribution < 1.29 is 19.8 Å². The van der Waals surface area contributed by atoms with E-state index in [1.165, 1.54) is 6.20 Å². The highest BCUT2D eigenvalue weighted by atomic mass is 79.9. The monoisotopic (exact) mass is 352 g/mol. The standard InChI is InChI=1S/C14H13BrN2O4/c1-6-10(13(18)19)12(9-5-8(15)3-4-16-9)11(14(20)21)7(2)17-6/h3-5,12,17H,1-2H3,(H,18,19)(H,20,21). The SMILES string of the molecule is CC1=C(C(=O)O)C(c2cc(Br)ccn2)C(C(=O)O)=C(C)N1. The number of carbonyl (C=O) groups is 2. The lowest BCUT2D eigenvalue weighted by atomic mass is 9.83. The van der Waals surface area contributed by atoms with Crippen LogP contribution in [0.1, 0.15) is 25.5 Å². The number of aliphatic carboxylic acids is 2. The molecular formula is C14H13BrN2O4. The number of nitrogens with zero attached hydrogens (tertiary/aromatic N) is 1. The summed E-state index contributed by atoms with van der Waals surface area (Å²) in [6.45, 7) is 3.22. The van der Waals surface area contributed by atoms with Crippen LogP contribution in [0.2, 0.25) is 0 Å². The number of pyridine rings is 1. The molecule has 7 heteroatoms. The van der Waals surface area contributed by atoms with E-state index in [1.807, 2.05) is 0 Å². The molecule has 2 heterocycles. The minimum absolute atomic E-state index is 0.0106. The molecule has 0 amide bonds. The van der Waals surface area contributed by atoms with Crippen molar-refractivity contribution in [2.75, 3.05) is 0 Å². The molecule has 0 aliphatic carbocycles. The molecule has 0 unspecified atom stereocenters. The summed E-state index contributed by atoms with van der Waals surface area (Å²) in [6, 6.07) is 3.32. The van der Waals surface area contributed by atoms with Crippen LogP contribution in [-0.2, 0) is 9.59 Å². The number of halogens is 1. The molecule has 1 aromatic rings. The number of nitrogens with one attached hydrogen (secondary N) is 1. The second-order valence-electron chi connectivity index (χ2n) is 4.64. The van der Waals surface area contributed by atoms with Crippen LogP contribution < -0.4 is 5.32 Å². The van der Waals surface area contributed by atoms with Gasteiger partial charge in [0.25, 0.3) is 0 Å². The van der Waals surface area contributed by atoms with Crippen molar-refractivity contribution in [1.29, 1.82) is 0 Å². The van der Waals surface area contributed by atoms with Crippen molar-refractivity contribution >= 4 is 27.9 Å². The molecule has 21 heavy (non-hydrogen) atoms. The Morgan fingerprint density at radius 2 is 1.71 bits per heavy atom. The van der Waals surface area contributed by atoms with E-state index < -0.39 is 17.9 Å². The van der Waals surface area contributed by atoms with Gasteiger partial charge in [-0.1, -0.05) is 15.9 Å². The molecule has 2 rings (SSSR count). The van der Waals surface area contributed by atoms with Gasteiger partial charge in [-0.05, 0) is 26.0 Å². The molecule has 0 aromatic carbocycles. The molecule has 0 radical (unpaired) electrons. The van der Waals surface area contributed by atoms with E-state index in [0.29, 0.717) is 21.6 Å². The molecular weight excluding hydrogens is 340 g/mol. The van der Waals surface area contributed by atoms with Gasteiger partial charge in [0.05, 0.1) is 22.8 Å². The van der Waals surface area contributed by atoms with Gasteiger partial charge in [0, 0.05) is 22.1 Å². The van der Waals surface area contributed by atoms with E-state index in [4.69, 9.17) is 0 Å². The zero-order valence-corrected chi connectivity index (χ0v) is 12.9. The van der Waals surface area contributed by atoms with Crippen LogP contribution in [0.4, 0.5) is 0 Å². The summed E-state index contributed by atoms with van der Waals surface area (Å²) in [5, 5.41) is 21.7. The second kappa shape index (κ2) is 5.69. The van der Waals surface area contributed by atoms with Gasteiger partial charge in [0.15, 0.2) is 0 Å². The third-order valence-corrected chi connectivity index (χ3v) is 3.75. The van der Waals surface area contributed by atoms with Gasteiger partial charge in [0.2, 0.25) is 0 Å². The van der Waals surface area contributed by atoms with Crippen molar-refractivity contribution in [3.05, 3.63) is 51.0 Å². The summed E-state index contributed by atoms with van der Waals surface area (Å²) < 4.78 is 0.704. The largest absolute Gasteiger partial charge is 0.478 e. The number of hydrogen-bond acceptors (Lipinski definition) is 4. The first-order valence-corrected chi connectivity index (χ1v) is 6.88. The number of dihydropyridines is 1. The number of hydrogen-bond donors (Lipinski definition) is 3. The summed E-state index contributed by atoms with van der Waals surface area (Å²) in [6.07, 6.45) is 1.51. The highest BCUT2D eigenvalue weighted by Gasteiger charge is 2.37. The van der Waals surface area contributed by atoms with Crippen LogP contribution in [-0.4, -0.2) is 27.1 Å². The van der Waals surface area contributed by atoms with Crippen LogP contribution in [0.5, 0.6) is 0 Å². The molecule has 1 aliphatic rings. The van der Waals surface area contributed by atoms with Crippen LogP contribution in [0.3, 0.4) is 0 Å². The molecule has 1 aliphatic heterocycles. The second-order valence-corrected chi connectivity index (χ2v) is 5.56. The van der Waals surface area contributed by atoms with Crippen LogP contribution in [0.15, 0.2) is 45.3 Å². The van der Waals surface area contributed by atoms with Gasteiger partial charge in [-0.2, -0.15) is 0 Å². The predicted molar refractivity (Wildman–Crippen MR) is 78.5 cm³/mol. The van der Waals surface area contributed by atoms with E-state index >= 15 is 0 Å². The zero-order valence-electron chi connectivity index (χ0n) is 11.3. The Kier molecular flexibility index (Phi) is 4.13. The van der Waals surface area contributed by atoms with Crippen LogP contribution in [0.25, 0.3) is 0 Å². The molecule has 0 atom stereocenters. The molecule has 0 saturated carbocycles. The lowest BCUT2D eigenvalue weighted by Gasteiger charge is -2.28. The predicted octanol–water partition coefficient (Wildman–Crippen LogP) is 2.25. The van der Waals surface area contributed by atoms with Gasteiger partial charge in [-0.15, -0.1) is 0 Å². The first kappa shape index (κ1) is 15.2. The Morgan fingerprint density at radius 1 is 1.19 bits per heavy atom. The molecule has 3 N–H and O–H groups in total. The summed E-state index contributed by atoms with van der Waals surface area (Å²) >= 11 is 3.29. The molecule has 110 valence electrons. The topological polar surface area (TPSA) is 99.5 Å². The van der Waals surface area contributed by atoms with Gasteiger partial charge in [0.1, 0.15) is 0 Å². The summed E-state index contributed by atoms with van der Waals surface area (Å²) in [7, 11) is 0. The number of aromatic nitrogens is 1. The molecule has 0 spiro atoms. The smallest absolute Gasteiger partial charge is 0.334 e. The van der Waals surface area contributed by atoms with Crippen molar-refractivity contribution in [3.8, 4) is 0 Å². The van der Waals surface area contributed by atoms with Gasteiger partial charge in [-0.3, -0.25) is 4.98 Å². The van der Waals surface area contributed by atoms with Gasteiger partial charge >= 0.3 is 11.9 Å². The van der Waals surface area contributed by atoms with E-state index in [1.54, 1.807) is 26.0 Å². The number of carboxylic acid groups (broad SMARTS) is 2. The highest BCUT2D eigenvalue weighted by molar-refractivity contribution is 9.10. The minimum atomic E-state index is -1.17. The molecule has 0 fully saturated rings. The third kappa shape index (κ3) is 2.82. The van der Waals surface area contributed by atoms with Crippen molar-refractivity contribution in [2.45, 2.75) is 19.8 Å². The number of carboxylic acids is 2. The van der Waals surface area contributed by atoms with E-state index in [2.05, 4.69) is 26.2 Å². The van der Waals surface area contributed by atoms with Gasteiger partial charge in [-0.25, -0.2) is 9.59 Å². The van der Waals surface area contributed by atoms with Crippen molar-refractivity contribution in [3.63, 3.8) is 0 Å².